The van der Waals surface area contributed by atoms with Gasteiger partial charge in [-0.05, 0) is 6.08 Å². The van der Waals surface area contributed by atoms with Crippen molar-refractivity contribution in [2.45, 2.75) is 0 Å². The molecule has 1 rings (SSSR count). The number of nitrogens with two attached hydrogens (primary N) is 1. The van der Waals surface area contributed by atoms with Crippen molar-refractivity contribution in [3.8, 4) is 0 Å². The van der Waals surface area contributed by atoms with Crippen LogP contribution in [-0.4, -0.2) is 4.92 Å². The van der Waals surface area contributed by atoms with Crippen molar-refractivity contribution in [1.82, 2.24) is 0 Å². The van der Waals surface area contributed by atoms with Gasteiger partial charge in [0.05, 0.1) is 4.92 Å². The molecule has 0 heterocycles. The van der Waals surface area contributed by atoms with Crippen LogP contribution in [0.2, 0.25) is 0 Å². The molecule has 0 unspecified atom stereocenters. The van der Waals surface area contributed by atoms with Crippen LogP contribution >= 0.6 is 0 Å². The molecular weight excluding hydrogens is 108 g/mol. The van der Waals surface area contributed by atoms with Crippen molar-refractivity contribution >= 4 is 0 Å². The highest BCUT2D eigenvalue weighted by Gasteiger charge is 2.16. The van der Waals surface area contributed by atoms with Gasteiger partial charge in [0.1, 0.15) is 5.70 Å². The normalized spacial score (nSPS) is 16.0. The quantitative estimate of drug-likeness (QED) is 0.383. The second-order valence-corrected chi connectivity index (χ2v) is 1.43. The summed E-state index contributed by atoms with van der Waals surface area (Å²) in [4.78, 5) is 9.30. The van der Waals surface area contributed by atoms with E-state index in [1.165, 1.54) is 12.2 Å². The predicted octanol–water partition coefficient (Wildman–Crippen LogP) is 0.00320. The average molecular weight is 112 g/mol. The topological polar surface area (TPSA) is 69.2 Å². The van der Waals surface area contributed by atoms with Crippen molar-refractivity contribution < 1.29 is 4.92 Å². The number of nitrogens with zero attached hydrogens (tertiary/aromatic N) is 1. The third-order valence-corrected chi connectivity index (χ3v) is 0.913. The summed E-state index contributed by atoms with van der Waals surface area (Å²) < 4.78 is 0. The number of nitro groups is 1. The molecule has 1 aliphatic carbocycles. The maximum atomic E-state index is 9.81. The Kier molecular flexibility index (Phi) is 0.802. The third-order valence-electron chi connectivity index (χ3n) is 0.913. The number of hydrogen-bond donors (Lipinski definition) is 1. The molecule has 0 spiro atoms. The van der Waals surface area contributed by atoms with E-state index in [9.17, 15) is 10.1 Å². The zero-order valence-electron chi connectivity index (χ0n) is 4.00. The van der Waals surface area contributed by atoms with Gasteiger partial charge in [-0.15, -0.1) is 0 Å². The summed E-state index contributed by atoms with van der Waals surface area (Å²) in [6.45, 7) is 0. The van der Waals surface area contributed by atoms with Gasteiger partial charge in [0, 0.05) is 6.08 Å². The smallest absolute Gasteiger partial charge is 0.292 e. The monoisotopic (exact) mass is 112 g/mol. The van der Waals surface area contributed by atoms with E-state index in [4.69, 9.17) is 5.73 Å². The first-order valence-electron chi connectivity index (χ1n) is 2.04. The average Bonchev–Trinajstić information content (AvgIpc) is 1.61. The minimum absolute atomic E-state index is 0.0185. The van der Waals surface area contributed by atoms with Crippen LogP contribution in [0.1, 0.15) is 0 Å². The molecule has 0 aromatic carbocycles. The van der Waals surface area contributed by atoms with E-state index in [2.05, 4.69) is 0 Å². The van der Waals surface area contributed by atoms with Crippen molar-refractivity contribution in [3.05, 3.63) is 33.7 Å². The highest BCUT2D eigenvalue weighted by Crippen LogP contribution is 2.12. The van der Waals surface area contributed by atoms with Crippen molar-refractivity contribution in [2.75, 3.05) is 0 Å². The van der Waals surface area contributed by atoms with Gasteiger partial charge in [0.15, 0.2) is 0 Å². The molecule has 0 bridgehead atoms. The van der Waals surface area contributed by atoms with Gasteiger partial charge in [-0.25, -0.2) is 0 Å². The minimum atomic E-state index is -0.505. The first kappa shape index (κ1) is 4.83. The van der Waals surface area contributed by atoms with E-state index in [1.54, 1.807) is 0 Å². The largest absolute Gasteiger partial charge is 0.393 e. The lowest BCUT2D eigenvalue weighted by Crippen LogP contribution is -2.11. The van der Waals surface area contributed by atoms with E-state index in [1.807, 2.05) is 0 Å². The lowest BCUT2D eigenvalue weighted by Gasteiger charge is -2.00. The standard InChI is InChI=1S/C4H4N2O2/c5-3-1-2-4(3)6(7)8/h1-2H,5H2. The van der Waals surface area contributed by atoms with Crippen LogP contribution < -0.4 is 5.73 Å². The second kappa shape index (κ2) is 1.33. The van der Waals surface area contributed by atoms with Crippen molar-refractivity contribution in [3.63, 3.8) is 0 Å². The van der Waals surface area contributed by atoms with E-state index >= 15 is 0 Å². The molecular formula is C4H4N2O2. The molecule has 42 valence electrons. The maximum Gasteiger partial charge on any atom is 0.292 e. The molecule has 0 aromatic rings. The Hall–Kier alpha value is -1.32. The molecule has 8 heavy (non-hydrogen) atoms. The molecule has 0 fully saturated rings. The number of allylic oxidation sites excluding steroid dienone is 2. The molecule has 0 atom stereocenters. The summed E-state index contributed by atoms with van der Waals surface area (Å²) in [5.41, 5.74) is 5.35. The van der Waals surface area contributed by atoms with Crippen molar-refractivity contribution in [1.29, 1.82) is 0 Å². The molecule has 0 radical (unpaired) electrons. The van der Waals surface area contributed by atoms with Crippen LogP contribution in [-0.2, 0) is 0 Å². The molecule has 0 saturated heterocycles. The van der Waals surface area contributed by atoms with Gasteiger partial charge in [-0.3, -0.25) is 10.1 Å². The van der Waals surface area contributed by atoms with Crippen LogP contribution in [0.3, 0.4) is 0 Å². The molecule has 4 nitrogen and oxygen atoms in total. The maximum absolute atomic E-state index is 9.81. The van der Waals surface area contributed by atoms with Crippen molar-refractivity contribution in [2.24, 2.45) is 5.73 Å². The Bertz CT molecular complexity index is 192. The molecule has 0 aliphatic heterocycles. The third kappa shape index (κ3) is 0.465. The summed E-state index contributed by atoms with van der Waals surface area (Å²) >= 11 is 0. The fourth-order valence-corrected chi connectivity index (χ4v) is 0.420. The van der Waals surface area contributed by atoms with Crippen LogP contribution in [0.4, 0.5) is 0 Å². The minimum Gasteiger partial charge on any atom is -0.393 e. The highest BCUT2D eigenvalue weighted by atomic mass is 16.6. The van der Waals surface area contributed by atoms with E-state index < -0.39 is 4.92 Å². The predicted molar refractivity (Wildman–Crippen MR) is 27.3 cm³/mol. The number of rotatable bonds is 1. The van der Waals surface area contributed by atoms with Gasteiger partial charge < -0.3 is 5.73 Å². The summed E-state index contributed by atoms with van der Waals surface area (Å²) in [6.07, 6.45) is 2.87. The summed E-state index contributed by atoms with van der Waals surface area (Å²) in [6, 6.07) is 0. The van der Waals surface area contributed by atoms with Gasteiger partial charge in [-0.2, -0.15) is 0 Å². The van der Waals surface area contributed by atoms with Crippen LogP contribution in [0.25, 0.3) is 0 Å². The molecule has 4 heteroatoms. The lowest BCUT2D eigenvalue weighted by atomic mass is 10.2. The zero-order chi connectivity index (χ0) is 6.15. The molecule has 0 saturated carbocycles. The summed E-state index contributed by atoms with van der Waals surface area (Å²) in [5.74, 6) is 0. The van der Waals surface area contributed by atoms with E-state index in [0.717, 1.165) is 0 Å². The van der Waals surface area contributed by atoms with Crippen LogP contribution in [0, 0.1) is 10.1 Å². The molecule has 0 amide bonds. The van der Waals surface area contributed by atoms with Gasteiger partial charge in [-0.1, -0.05) is 0 Å². The van der Waals surface area contributed by atoms with Crippen LogP contribution in [0.5, 0.6) is 0 Å². The molecule has 0 aromatic heterocycles. The Morgan fingerprint density at radius 3 is 2.25 bits per heavy atom. The Labute approximate surface area is 45.4 Å². The Morgan fingerprint density at radius 2 is 2.25 bits per heavy atom. The van der Waals surface area contributed by atoms with E-state index in [-0.39, 0.29) is 11.4 Å². The van der Waals surface area contributed by atoms with E-state index in [0.29, 0.717) is 0 Å². The van der Waals surface area contributed by atoms with Crippen LogP contribution in [0.15, 0.2) is 23.5 Å². The second-order valence-electron chi connectivity index (χ2n) is 1.43. The summed E-state index contributed by atoms with van der Waals surface area (Å²) in [5, 5.41) is 9.81. The van der Waals surface area contributed by atoms with Gasteiger partial charge in [0.2, 0.25) is 0 Å². The number of hydrogen-bond acceptors (Lipinski definition) is 3. The highest BCUT2D eigenvalue weighted by molar-refractivity contribution is 5.37. The SMILES string of the molecule is NC1=C([N+](=O)[O-])C=C1. The van der Waals surface area contributed by atoms with Gasteiger partial charge in [0.25, 0.3) is 5.70 Å². The lowest BCUT2D eigenvalue weighted by molar-refractivity contribution is -0.421. The Morgan fingerprint density at radius 1 is 1.62 bits per heavy atom. The fraction of sp³-hybridized carbons (Fsp3) is 0. The molecule has 1 aliphatic rings. The first-order chi connectivity index (χ1) is 3.72. The Balaban J connectivity index is 2.76. The zero-order valence-corrected chi connectivity index (χ0v) is 4.00. The molecule has 2 N–H and O–H groups in total. The first-order valence-corrected chi connectivity index (χ1v) is 2.04. The summed E-state index contributed by atoms with van der Waals surface area (Å²) in [7, 11) is 0. The fourth-order valence-electron chi connectivity index (χ4n) is 0.420. The van der Waals surface area contributed by atoms with Gasteiger partial charge >= 0.3 is 0 Å².